The Hall–Kier alpha value is -3.84. The van der Waals surface area contributed by atoms with Crippen molar-refractivity contribution in [3.05, 3.63) is 121 Å². The summed E-state index contributed by atoms with van der Waals surface area (Å²) in [6.07, 6.45) is 0. The van der Waals surface area contributed by atoms with Crippen LogP contribution >= 0.6 is 0 Å². The second kappa shape index (κ2) is 8.49. The molecule has 0 saturated heterocycles. The Morgan fingerprint density at radius 1 is 0.419 bits per heavy atom. The van der Waals surface area contributed by atoms with Gasteiger partial charge in [0, 0.05) is 17.7 Å². The summed E-state index contributed by atoms with van der Waals surface area (Å²) in [5, 5.41) is 0. The van der Waals surface area contributed by atoms with E-state index in [4.69, 9.17) is 0 Å². The van der Waals surface area contributed by atoms with Gasteiger partial charge in [0.2, 0.25) is 0 Å². The van der Waals surface area contributed by atoms with Crippen LogP contribution in [0.3, 0.4) is 0 Å². The molecule has 150 valence electrons. The molecule has 5 rings (SSSR count). The maximum atomic E-state index is 2.48. The maximum Gasteiger partial charge on any atom is 0.0571 e. The van der Waals surface area contributed by atoms with Crippen molar-refractivity contribution in [2.45, 2.75) is 13.5 Å². The highest BCUT2D eigenvalue weighted by molar-refractivity contribution is 6.01. The molecule has 1 nitrogen and oxygen atoms in total. The summed E-state index contributed by atoms with van der Waals surface area (Å²) in [6.45, 7) is 3.13. The number of nitrogens with zero attached hydrogens (tertiary/aromatic N) is 1. The largest absolute Gasteiger partial charge is 0.340 e. The van der Waals surface area contributed by atoms with Crippen LogP contribution in [0.15, 0.2) is 121 Å². The van der Waals surface area contributed by atoms with Gasteiger partial charge in [-0.15, -0.1) is 0 Å². The van der Waals surface area contributed by atoms with Gasteiger partial charge >= 0.3 is 0 Å². The van der Waals surface area contributed by atoms with Crippen LogP contribution in [0.5, 0.6) is 0 Å². The van der Waals surface area contributed by atoms with Crippen molar-refractivity contribution in [3.63, 3.8) is 0 Å². The van der Waals surface area contributed by atoms with Crippen molar-refractivity contribution < 1.29 is 0 Å². The van der Waals surface area contributed by atoms with E-state index in [0.717, 1.165) is 6.54 Å². The highest BCUT2D eigenvalue weighted by atomic mass is 15.0. The van der Waals surface area contributed by atoms with Crippen LogP contribution in [0.2, 0.25) is 0 Å². The average molecular weight is 400 g/mol. The minimum Gasteiger partial charge on any atom is -0.340 e. The fourth-order valence-corrected chi connectivity index (χ4v) is 4.50. The van der Waals surface area contributed by atoms with Gasteiger partial charge < -0.3 is 4.57 Å². The zero-order chi connectivity index (χ0) is 21.0. The summed E-state index contributed by atoms with van der Waals surface area (Å²) >= 11 is 0. The standard InChI is InChI=1S/C30H25N/c1-2-31-29(25-19-11-5-12-20-25)27(23-15-7-3-8-16-23)28(24-17-9-4-10-18-24)30(31)26-21-13-6-14-22-26/h3-22H,2H2,1H3. The van der Waals surface area contributed by atoms with Gasteiger partial charge in [-0.1, -0.05) is 121 Å². The molecule has 1 aromatic heterocycles. The molecule has 0 amide bonds. The van der Waals surface area contributed by atoms with Crippen LogP contribution < -0.4 is 0 Å². The van der Waals surface area contributed by atoms with E-state index in [1.54, 1.807) is 0 Å². The molecule has 0 radical (unpaired) electrons. The van der Waals surface area contributed by atoms with Crippen LogP contribution in [-0.4, -0.2) is 4.57 Å². The summed E-state index contributed by atoms with van der Waals surface area (Å²) < 4.78 is 2.48. The van der Waals surface area contributed by atoms with E-state index in [1.807, 2.05) is 0 Å². The highest BCUT2D eigenvalue weighted by Gasteiger charge is 2.25. The van der Waals surface area contributed by atoms with E-state index in [9.17, 15) is 0 Å². The van der Waals surface area contributed by atoms with Gasteiger partial charge in [0.25, 0.3) is 0 Å². The van der Waals surface area contributed by atoms with Crippen LogP contribution in [0.25, 0.3) is 44.8 Å². The molecule has 4 aromatic carbocycles. The number of benzene rings is 4. The first-order valence-electron chi connectivity index (χ1n) is 10.9. The summed E-state index contributed by atoms with van der Waals surface area (Å²) in [7, 11) is 0. The predicted octanol–water partition coefficient (Wildman–Crippen LogP) is 8.18. The molecule has 0 bridgehead atoms. The first kappa shape index (κ1) is 19.1. The van der Waals surface area contributed by atoms with Crippen molar-refractivity contribution >= 4 is 0 Å². The maximum absolute atomic E-state index is 2.48. The lowest BCUT2D eigenvalue weighted by molar-refractivity contribution is 0.785. The van der Waals surface area contributed by atoms with Crippen LogP contribution in [0, 0.1) is 0 Å². The Morgan fingerprint density at radius 3 is 1.00 bits per heavy atom. The first-order valence-corrected chi connectivity index (χ1v) is 10.9. The Kier molecular flexibility index (Phi) is 5.24. The molecule has 0 saturated carbocycles. The lowest BCUT2D eigenvalue weighted by Gasteiger charge is -2.13. The van der Waals surface area contributed by atoms with E-state index >= 15 is 0 Å². The number of hydrogen-bond acceptors (Lipinski definition) is 0. The van der Waals surface area contributed by atoms with Crippen molar-refractivity contribution in [1.29, 1.82) is 0 Å². The fourth-order valence-electron chi connectivity index (χ4n) is 4.50. The molecule has 0 unspecified atom stereocenters. The van der Waals surface area contributed by atoms with Crippen LogP contribution in [-0.2, 0) is 6.54 Å². The highest BCUT2D eigenvalue weighted by Crippen LogP contribution is 2.48. The van der Waals surface area contributed by atoms with E-state index < -0.39 is 0 Å². The van der Waals surface area contributed by atoms with E-state index in [0.29, 0.717) is 0 Å². The van der Waals surface area contributed by atoms with Crippen LogP contribution in [0.4, 0.5) is 0 Å². The van der Waals surface area contributed by atoms with Gasteiger partial charge in [0.1, 0.15) is 0 Å². The first-order chi connectivity index (χ1) is 15.4. The Bertz CT molecular complexity index is 1170. The second-order valence-electron chi connectivity index (χ2n) is 7.66. The van der Waals surface area contributed by atoms with Crippen molar-refractivity contribution in [1.82, 2.24) is 4.57 Å². The molecule has 0 spiro atoms. The molecule has 31 heavy (non-hydrogen) atoms. The zero-order valence-corrected chi connectivity index (χ0v) is 17.7. The molecule has 0 atom stereocenters. The molecule has 0 N–H and O–H groups in total. The third kappa shape index (κ3) is 3.49. The van der Waals surface area contributed by atoms with Crippen molar-refractivity contribution in [3.8, 4) is 44.8 Å². The summed E-state index contributed by atoms with van der Waals surface area (Å²) in [5.74, 6) is 0. The molecule has 1 heterocycles. The van der Waals surface area contributed by atoms with Gasteiger partial charge in [0.05, 0.1) is 11.4 Å². The van der Waals surface area contributed by atoms with Crippen molar-refractivity contribution in [2.24, 2.45) is 0 Å². The molecule has 0 fully saturated rings. The minimum atomic E-state index is 0.890. The van der Waals surface area contributed by atoms with E-state index in [1.165, 1.54) is 44.8 Å². The number of rotatable bonds is 5. The predicted molar refractivity (Wildman–Crippen MR) is 132 cm³/mol. The summed E-state index contributed by atoms with van der Waals surface area (Å²) in [4.78, 5) is 0. The number of aromatic nitrogens is 1. The molecule has 1 heteroatoms. The molecular formula is C30H25N. The Labute approximate surface area is 184 Å². The molecule has 5 aromatic rings. The van der Waals surface area contributed by atoms with Crippen molar-refractivity contribution in [2.75, 3.05) is 0 Å². The van der Waals surface area contributed by atoms with Crippen LogP contribution in [0.1, 0.15) is 6.92 Å². The van der Waals surface area contributed by atoms with Gasteiger partial charge in [-0.05, 0) is 29.2 Å². The van der Waals surface area contributed by atoms with E-state index in [-0.39, 0.29) is 0 Å². The zero-order valence-electron chi connectivity index (χ0n) is 17.7. The average Bonchev–Trinajstić information content (AvgIpc) is 3.21. The van der Waals surface area contributed by atoms with Gasteiger partial charge in [0.15, 0.2) is 0 Å². The summed E-state index contributed by atoms with van der Waals surface area (Å²) in [6, 6.07) is 43.1. The molecular weight excluding hydrogens is 374 g/mol. The van der Waals surface area contributed by atoms with Gasteiger partial charge in [-0.25, -0.2) is 0 Å². The lowest BCUT2D eigenvalue weighted by Crippen LogP contribution is -2.00. The fraction of sp³-hybridized carbons (Fsp3) is 0.0667. The minimum absolute atomic E-state index is 0.890. The van der Waals surface area contributed by atoms with Gasteiger partial charge in [-0.2, -0.15) is 0 Å². The topological polar surface area (TPSA) is 4.93 Å². The third-order valence-corrected chi connectivity index (χ3v) is 5.80. The normalized spacial score (nSPS) is 10.9. The molecule has 0 aliphatic rings. The Morgan fingerprint density at radius 2 is 0.710 bits per heavy atom. The molecule has 0 aliphatic heterocycles. The number of hydrogen-bond donors (Lipinski definition) is 0. The monoisotopic (exact) mass is 399 g/mol. The Balaban J connectivity index is 1.97. The third-order valence-electron chi connectivity index (χ3n) is 5.80. The molecule has 0 aliphatic carbocycles. The summed E-state index contributed by atoms with van der Waals surface area (Å²) in [5.41, 5.74) is 10.1. The lowest BCUT2D eigenvalue weighted by atomic mass is 9.91. The quantitative estimate of drug-likeness (QED) is 0.281. The smallest absolute Gasteiger partial charge is 0.0571 e. The second-order valence-corrected chi connectivity index (χ2v) is 7.66. The SMILES string of the molecule is CCn1c(-c2ccccc2)c(-c2ccccc2)c(-c2ccccc2)c1-c1ccccc1. The van der Waals surface area contributed by atoms with Gasteiger partial charge in [-0.3, -0.25) is 0 Å². The van der Waals surface area contributed by atoms with E-state index in [2.05, 4.69) is 133 Å².